The Morgan fingerprint density at radius 2 is 2.26 bits per heavy atom. The van der Waals surface area contributed by atoms with Crippen molar-refractivity contribution in [3.05, 3.63) is 0 Å². The third kappa shape index (κ3) is 5.89. The Kier molecular flexibility index (Phi) is 7.34. The Morgan fingerprint density at radius 1 is 1.53 bits per heavy atom. The van der Waals surface area contributed by atoms with Gasteiger partial charge in [-0.15, -0.1) is 0 Å². The molecule has 0 aromatic heterocycles. The monoisotopic (exact) mass is 271 g/mol. The van der Waals surface area contributed by atoms with Gasteiger partial charge in [0.2, 0.25) is 0 Å². The quantitative estimate of drug-likeness (QED) is 0.648. The highest BCUT2D eigenvalue weighted by Gasteiger charge is 2.24. The predicted molar refractivity (Wildman–Crippen MR) is 77.2 cm³/mol. The maximum Gasteiger partial charge on any atom is 0.324 e. The summed E-state index contributed by atoms with van der Waals surface area (Å²) in [5.74, 6) is 0.583. The average Bonchev–Trinajstić information content (AvgIpc) is 2.74. The first-order valence-corrected chi connectivity index (χ1v) is 7.33. The van der Waals surface area contributed by atoms with E-state index in [0.717, 1.165) is 25.6 Å². The van der Waals surface area contributed by atoms with Crippen molar-refractivity contribution in [1.29, 1.82) is 0 Å². The molecule has 0 bridgehead atoms. The van der Waals surface area contributed by atoms with Gasteiger partial charge in [-0.05, 0) is 46.4 Å². The maximum atomic E-state index is 11.8. The van der Waals surface area contributed by atoms with Crippen LogP contribution in [0.4, 0.5) is 0 Å². The van der Waals surface area contributed by atoms with E-state index in [1.165, 1.54) is 13.0 Å². The van der Waals surface area contributed by atoms with Gasteiger partial charge >= 0.3 is 5.97 Å². The lowest BCUT2D eigenvalue weighted by molar-refractivity contribution is -0.146. The molecule has 1 saturated heterocycles. The molecule has 1 heterocycles. The molecule has 0 amide bonds. The van der Waals surface area contributed by atoms with E-state index in [2.05, 4.69) is 29.2 Å². The number of hydrogen-bond acceptors (Lipinski definition) is 5. The van der Waals surface area contributed by atoms with Crippen molar-refractivity contribution < 1.29 is 9.53 Å². The normalized spacial score (nSPS) is 21.8. The lowest BCUT2D eigenvalue weighted by atomic mass is 10.1. The minimum absolute atomic E-state index is 0.139. The van der Waals surface area contributed by atoms with Gasteiger partial charge in [-0.3, -0.25) is 4.79 Å². The molecule has 0 saturated carbocycles. The van der Waals surface area contributed by atoms with Gasteiger partial charge in [0.15, 0.2) is 0 Å². The molecular formula is C14H29N3O2. The zero-order valence-corrected chi connectivity index (χ0v) is 12.8. The molecule has 0 aromatic rings. The van der Waals surface area contributed by atoms with Gasteiger partial charge in [0.1, 0.15) is 6.04 Å². The van der Waals surface area contributed by atoms with Gasteiger partial charge in [-0.25, -0.2) is 0 Å². The highest BCUT2D eigenvalue weighted by molar-refractivity contribution is 5.76. The van der Waals surface area contributed by atoms with E-state index < -0.39 is 0 Å². The summed E-state index contributed by atoms with van der Waals surface area (Å²) in [6, 6.07) is -0.214. The number of likely N-dealkylation sites (N-methyl/N-ethyl adjacent to an activating group) is 2. The van der Waals surface area contributed by atoms with E-state index in [1.54, 1.807) is 0 Å². The van der Waals surface area contributed by atoms with Crippen LogP contribution in [0.15, 0.2) is 0 Å². The van der Waals surface area contributed by atoms with Crippen LogP contribution in [0, 0.1) is 5.92 Å². The fourth-order valence-corrected chi connectivity index (χ4v) is 2.71. The summed E-state index contributed by atoms with van der Waals surface area (Å²) in [7, 11) is 4.25. The van der Waals surface area contributed by atoms with Crippen molar-refractivity contribution in [3.8, 4) is 0 Å². The number of hydrogen-bond donors (Lipinski definition) is 1. The molecule has 2 unspecified atom stereocenters. The van der Waals surface area contributed by atoms with Crippen LogP contribution in [0.2, 0.25) is 0 Å². The van der Waals surface area contributed by atoms with Crippen molar-refractivity contribution in [3.63, 3.8) is 0 Å². The number of nitrogens with zero attached hydrogens (tertiary/aromatic N) is 2. The highest BCUT2D eigenvalue weighted by Crippen LogP contribution is 2.15. The fourth-order valence-electron chi connectivity index (χ4n) is 2.71. The number of likely N-dealkylation sites (tertiary alicyclic amines) is 1. The molecule has 1 N–H and O–H groups in total. The topological polar surface area (TPSA) is 44.8 Å². The van der Waals surface area contributed by atoms with E-state index in [4.69, 9.17) is 4.74 Å². The van der Waals surface area contributed by atoms with Crippen LogP contribution in [0.3, 0.4) is 0 Å². The lowest BCUT2D eigenvalue weighted by Gasteiger charge is -2.25. The summed E-state index contributed by atoms with van der Waals surface area (Å²) < 4.78 is 5.11. The molecule has 112 valence electrons. The molecule has 0 aliphatic carbocycles. The zero-order valence-electron chi connectivity index (χ0n) is 12.8. The number of esters is 1. The summed E-state index contributed by atoms with van der Waals surface area (Å²) in [5.41, 5.74) is 0. The van der Waals surface area contributed by atoms with Crippen LogP contribution < -0.4 is 5.32 Å². The maximum absolute atomic E-state index is 11.8. The largest absolute Gasteiger partial charge is 0.465 e. The summed E-state index contributed by atoms with van der Waals surface area (Å²) >= 11 is 0. The van der Waals surface area contributed by atoms with Crippen molar-refractivity contribution in [2.75, 3.05) is 53.4 Å². The first-order chi connectivity index (χ1) is 9.06. The van der Waals surface area contributed by atoms with Crippen molar-refractivity contribution in [2.45, 2.75) is 26.3 Å². The van der Waals surface area contributed by atoms with E-state index >= 15 is 0 Å². The second-order valence-electron chi connectivity index (χ2n) is 5.50. The number of rotatable bonds is 8. The van der Waals surface area contributed by atoms with Gasteiger partial charge in [-0.2, -0.15) is 0 Å². The van der Waals surface area contributed by atoms with Crippen LogP contribution >= 0.6 is 0 Å². The van der Waals surface area contributed by atoms with Crippen LogP contribution in [0.5, 0.6) is 0 Å². The van der Waals surface area contributed by atoms with Crippen LogP contribution in [-0.2, 0) is 9.53 Å². The van der Waals surface area contributed by atoms with Crippen molar-refractivity contribution >= 4 is 5.97 Å². The second-order valence-corrected chi connectivity index (χ2v) is 5.50. The molecule has 0 radical (unpaired) electrons. The minimum atomic E-state index is -0.214. The molecule has 1 fully saturated rings. The van der Waals surface area contributed by atoms with Crippen LogP contribution in [0.25, 0.3) is 0 Å². The molecule has 5 heteroatoms. The molecule has 19 heavy (non-hydrogen) atoms. The Labute approximate surface area is 117 Å². The van der Waals surface area contributed by atoms with Crippen LogP contribution in [-0.4, -0.2) is 75.2 Å². The Bertz CT molecular complexity index is 273. The fraction of sp³-hybridized carbons (Fsp3) is 0.929. The van der Waals surface area contributed by atoms with E-state index in [1.807, 2.05) is 13.8 Å². The SMILES string of the molecule is CCNC(CN(C)CC1CCN(C)C1)C(=O)OCC. The summed E-state index contributed by atoms with van der Waals surface area (Å²) in [6.07, 6.45) is 1.26. The van der Waals surface area contributed by atoms with Gasteiger partial charge < -0.3 is 19.9 Å². The summed E-state index contributed by atoms with van der Waals surface area (Å²) in [5, 5.41) is 3.21. The van der Waals surface area contributed by atoms with Crippen molar-refractivity contribution in [1.82, 2.24) is 15.1 Å². The molecule has 5 nitrogen and oxygen atoms in total. The van der Waals surface area contributed by atoms with Crippen LogP contribution in [0.1, 0.15) is 20.3 Å². The molecule has 1 rings (SSSR count). The van der Waals surface area contributed by atoms with Crippen molar-refractivity contribution in [2.24, 2.45) is 5.92 Å². The standard InChI is InChI=1S/C14H29N3O2/c1-5-15-13(14(18)19-6-2)11-17(4)10-12-7-8-16(3)9-12/h12-13,15H,5-11H2,1-4H3. The average molecular weight is 271 g/mol. The van der Waals surface area contributed by atoms with E-state index in [9.17, 15) is 4.79 Å². The first-order valence-electron chi connectivity index (χ1n) is 7.33. The number of carbonyl (C=O) groups excluding carboxylic acids is 1. The third-order valence-electron chi connectivity index (χ3n) is 3.57. The molecule has 1 aliphatic rings. The Morgan fingerprint density at radius 3 is 2.79 bits per heavy atom. The van der Waals surface area contributed by atoms with Gasteiger partial charge in [0.05, 0.1) is 6.61 Å². The minimum Gasteiger partial charge on any atom is -0.465 e. The first kappa shape index (κ1) is 16.4. The number of ether oxygens (including phenoxy) is 1. The lowest BCUT2D eigenvalue weighted by Crippen LogP contribution is -2.47. The molecule has 1 aliphatic heterocycles. The Balaban J connectivity index is 2.37. The van der Waals surface area contributed by atoms with Gasteiger partial charge in [-0.1, -0.05) is 6.92 Å². The zero-order chi connectivity index (χ0) is 14.3. The third-order valence-corrected chi connectivity index (χ3v) is 3.57. The summed E-state index contributed by atoms with van der Waals surface area (Å²) in [6.45, 7) is 9.19. The molecular weight excluding hydrogens is 242 g/mol. The van der Waals surface area contributed by atoms with E-state index in [0.29, 0.717) is 13.2 Å². The predicted octanol–water partition coefficient (Wildman–Crippen LogP) is 0.411. The second kappa shape index (κ2) is 8.51. The smallest absolute Gasteiger partial charge is 0.324 e. The van der Waals surface area contributed by atoms with Gasteiger partial charge in [0.25, 0.3) is 0 Å². The Hall–Kier alpha value is -0.650. The summed E-state index contributed by atoms with van der Waals surface area (Å²) in [4.78, 5) is 16.4. The molecule has 2 atom stereocenters. The number of nitrogens with one attached hydrogen (secondary N) is 1. The van der Waals surface area contributed by atoms with Gasteiger partial charge in [0, 0.05) is 19.6 Å². The molecule has 0 spiro atoms. The molecule has 0 aromatic carbocycles. The number of carbonyl (C=O) groups is 1. The van der Waals surface area contributed by atoms with E-state index in [-0.39, 0.29) is 12.0 Å². The highest BCUT2D eigenvalue weighted by atomic mass is 16.5.